The quantitative estimate of drug-likeness (QED) is 0.280. The van der Waals surface area contributed by atoms with Crippen LogP contribution in [0.5, 0.6) is 5.75 Å². The average molecular weight is 610 g/mol. The highest BCUT2D eigenvalue weighted by Gasteiger charge is 2.41. The summed E-state index contributed by atoms with van der Waals surface area (Å²) in [5.74, 6) is -3.74. The van der Waals surface area contributed by atoms with Crippen molar-refractivity contribution in [2.45, 2.75) is 63.6 Å². The zero-order valence-electron chi connectivity index (χ0n) is 24.6. The number of methoxy groups -OCH3 is 1. The topological polar surface area (TPSA) is 92.2 Å². The molecular formula is C33H34F3N3O5. The normalized spacial score (nSPS) is 23.3. The molecule has 2 aliphatic heterocycles. The maximum atomic E-state index is 14.0. The highest BCUT2D eigenvalue weighted by Crippen LogP contribution is 2.42. The number of pyridine rings is 1. The first-order valence-electron chi connectivity index (χ1n) is 14.9. The van der Waals surface area contributed by atoms with Crippen molar-refractivity contribution in [2.24, 2.45) is 5.92 Å². The van der Waals surface area contributed by atoms with Gasteiger partial charge in [0.25, 0.3) is 0 Å². The van der Waals surface area contributed by atoms with Crippen molar-refractivity contribution in [1.29, 1.82) is 0 Å². The minimum Gasteiger partial charge on any atom is -0.496 e. The van der Waals surface area contributed by atoms with Crippen molar-refractivity contribution in [1.82, 2.24) is 9.88 Å². The van der Waals surface area contributed by atoms with Gasteiger partial charge in [0.05, 0.1) is 31.3 Å². The van der Waals surface area contributed by atoms with Gasteiger partial charge in [0, 0.05) is 29.8 Å². The lowest BCUT2D eigenvalue weighted by Gasteiger charge is -2.33. The Kier molecular flexibility index (Phi) is 8.13. The number of carbonyl (C=O) groups excluding carboxylic acids is 1. The van der Waals surface area contributed by atoms with Crippen LogP contribution in [-0.4, -0.2) is 53.3 Å². The van der Waals surface area contributed by atoms with Crippen LogP contribution in [0.15, 0.2) is 42.5 Å². The fraction of sp³-hybridized carbons (Fsp3) is 0.424. The zero-order chi connectivity index (χ0) is 31.1. The van der Waals surface area contributed by atoms with Crippen molar-refractivity contribution in [3.8, 4) is 16.9 Å². The summed E-state index contributed by atoms with van der Waals surface area (Å²) in [6.45, 7) is 3.50. The second kappa shape index (κ2) is 12.0. The number of carboxylic acid groups (broad SMARTS) is 1. The SMILES string of the molecule is COc1ccc([C@H]2CC[C@H](C(=O)O)CC2)cc1-c1ccc(N2CCC2)nc1CN1C(=O)O[C@H](c2cc(F)c(F)c(F)c2)[C@@H]1C. The average Bonchev–Trinajstić information content (AvgIpc) is 3.27. The number of anilines is 1. The number of nitrogens with zero attached hydrogens (tertiary/aromatic N) is 3. The van der Waals surface area contributed by atoms with Crippen LogP contribution in [0.2, 0.25) is 0 Å². The van der Waals surface area contributed by atoms with Gasteiger partial charge >= 0.3 is 12.1 Å². The third kappa shape index (κ3) is 5.55. The van der Waals surface area contributed by atoms with Crippen molar-refractivity contribution >= 4 is 17.9 Å². The molecule has 2 atom stereocenters. The number of rotatable bonds is 8. The molecule has 8 nitrogen and oxygen atoms in total. The van der Waals surface area contributed by atoms with Crippen LogP contribution in [0.25, 0.3) is 11.1 Å². The molecule has 1 saturated carbocycles. The second-order valence-corrected chi connectivity index (χ2v) is 11.8. The van der Waals surface area contributed by atoms with Gasteiger partial charge < -0.3 is 19.5 Å². The number of hydrogen-bond donors (Lipinski definition) is 1. The summed E-state index contributed by atoms with van der Waals surface area (Å²) in [6.07, 6.45) is 2.16. The van der Waals surface area contributed by atoms with E-state index in [2.05, 4.69) is 11.0 Å². The maximum absolute atomic E-state index is 14.0. The van der Waals surface area contributed by atoms with E-state index in [1.54, 1.807) is 14.0 Å². The van der Waals surface area contributed by atoms with Crippen molar-refractivity contribution in [3.63, 3.8) is 0 Å². The Balaban J connectivity index is 1.34. The lowest BCUT2D eigenvalue weighted by Crippen LogP contribution is -2.38. The summed E-state index contributed by atoms with van der Waals surface area (Å²) in [6, 6.07) is 11.0. The van der Waals surface area contributed by atoms with Gasteiger partial charge in [-0.15, -0.1) is 0 Å². The minimum atomic E-state index is -1.58. The third-order valence-corrected chi connectivity index (χ3v) is 9.25. The Labute approximate surface area is 253 Å². The first-order chi connectivity index (χ1) is 21.1. The predicted molar refractivity (Wildman–Crippen MR) is 156 cm³/mol. The van der Waals surface area contributed by atoms with Crippen molar-refractivity contribution < 1.29 is 37.3 Å². The van der Waals surface area contributed by atoms with Crippen molar-refractivity contribution in [3.05, 3.63) is 76.7 Å². The van der Waals surface area contributed by atoms with Crippen LogP contribution in [0.1, 0.15) is 67.9 Å². The van der Waals surface area contributed by atoms with E-state index in [1.165, 1.54) is 4.90 Å². The fourth-order valence-electron chi connectivity index (χ4n) is 6.50. The number of cyclic esters (lactones) is 1. The van der Waals surface area contributed by atoms with Crippen LogP contribution in [0.3, 0.4) is 0 Å². The van der Waals surface area contributed by atoms with E-state index < -0.39 is 41.7 Å². The number of carbonyl (C=O) groups is 2. The predicted octanol–water partition coefficient (Wildman–Crippen LogP) is 6.83. The lowest BCUT2D eigenvalue weighted by molar-refractivity contribution is -0.142. The second-order valence-electron chi connectivity index (χ2n) is 11.8. The molecule has 44 heavy (non-hydrogen) atoms. The van der Waals surface area contributed by atoms with Gasteiger partial charge in [-0.05, 0) is 86.9 Å². The Morgan fingerprint density at radius 1 is 1.00 bits per heavy atom. The molecular weight excluding hydrogens is 575 g/mol. The van der Waals surface area contributed by atoms with Crippen LogP contribution in [0.4, 0.5) is 23.8 Å². The Morgan fingerprint density at radius 2 is 1.70 bits per heavy atom. The molecule has 6 rings (SSSR count). The van der Waals surface area contributed by atoms with Gasteiger partial charge in [-0.1, -0.05) is 6.07 Å². The molecule has 232 valence electrons. The minimum absolute atomic E-state index is 0.0271. The molecule has 1 amide bonds. The molecule has 1 aromatic heterocycles. The smallest absolute Gasteiger partial charge is 0.411 e. The monoisotopic (exact) mass is 609 g/mol. The Hall–Kier alpha value is -4.28. The molecule has 1 N–H and O–H groups in total. The van der Waals surface area contributed by atoms with Gasteiger partial charge in [0.2, 0.25) is 0 Å². The highest BCUT2D eigenvalue weighted by molar-refractivity contribution is 5.76. The molecule has 11 heteroatoms. The van der Waals surface area contributed by atoms with Gasteiger partial charge in [0.1, 0.15) is 17.7 Å². The number of carboxylic acids is 1. The summed E-state index contributed by atoms with van der Waals surface area (Å²) >= 11 is 0. The van der Waals surface area contributed by atoms with Crippen molar-refractivity contribution in [2.75, 3.05) is 25.1 Å². The van der Waals surface area contributed by atoms with Gasteiger partial charge in [0.15, 0.2) is 17.5 Å². The molecule has 0 radical (unpaired) electrons. The van der Waals surface area contributed by atoms with Crippen LogP contribution >= 0.6 is 0 Å². The largest absolute Gasteiger partial charge is 0.496 e. The number of aliphatic carboxylic acids is 1. The number of halogens is 3. The van der Waals surface area contributed by atoms with E-state index >= 15 is 0 Å². The molecule has 2 saturated heterocycles. The zero-order valence-corrected chi connectivity index (χ0v) is 24.6. The molecule has 3 heterocycles. The van der Waals surface area contributed by atoms with E-state index in [0.29, 0.717) is 24.3 Å². The van der Waals surface area contributed by atoms with Crippen LogP contribution in [0, 0.1) is 23.4 Å². The highest BCUT2D eigenvalue weighted by atomic mass is 19.2. The van der Waals surface area contributed by atoms with E-state index in [-0.39, 0.29) is 23.9 Å². The van der Waals surface area contributed by atoms with Gasteiger partial charge in [-0.2, -0.15) is 0 Å². The van der Waals surface area contributed by atoms with Crippen LogP contribution in [-0.2, 0) is 16.1 Å². The number of benzene rings is 2. The summed E-state index contributed by atoms with van der Waals surface area (Å²) in [5.41, 5.74) is 3.26. The summed E-state index contributed by atoms with van der Waals surface area (Å²) in [5, 5.41) is 9.43. The van der Waals surface area contributed by atoms with E-state index in [4.69, 9.17) is 14.5 Å². The molecule has 0 unspecified atom stereocenters. The summed E-state index contributed by atoms with van der Waals surface area (Å²) < 4.78 is 53.0. The Morgan fingerprint density at radius 3 is 2.32 bits per heavy atom. The number of hydrogen-bond acceptors (Lipinski definition) is 6. The molecule has 3 fully saturated rings. The third-order valence-electron chi connectivity index (χ3n) is 9.25. The van der Waals surface area contributed by atoms with Crippen LogP contribution < -0.4 is 9.64 Å². The number of aromatic nitrogens is 1. The summed E-state index contributed by atoms with van der Waals surface area (Å²) in [4.78, 5) is 33.2. The number of amides is 1. The van der Waals surface area contributed by atoms with Gasteiger partial charge in [-0.25, -0.2) is 22.9 Å². The lowest BCUT2D eigenvalue weighted by atomic mass is 9.78. The molecule has 3 aromatic rings. The fourth-order valence-corrected chi connectivity index (χ4v) is 6.50. The van der Waals surface area contributed by atoms with E-state index in [1.807, 2.05) is 24.3 Å². The molecule has 1 aliphatic carbocycles. The standard InChI is InChI=1S/C33H34F3N3O5/c1-18-31(22-15-25(34)30(36)26(35)16-22)44-33(42)39(18)17-27-23(9-11-29(37-27)38-12-3-13-38)24-14-21(8-10-28(24)43-2)19-4-6-20(7-5-19)32(40)41/h8-11,14-16,18-20,31H,3-7,12-13,17H2,1-2H3,(H,40,41)/t18-,19-,20-,31-/m0/s1. The first-order valence-corrected chi connectivity index (χ1v) is 14.9. The van der Waals surface area contributed by atoms with E-state index in [9.17, 15) is 27.9 Å². The summed E-state index contributed by atoms with van der Waals surface area (Å²) in [7, 11) is 1.59. The Bertz CT molecular complexity index is 1570. The van der Waals surface area contributed by atoms with E-state index in [0.717, 1.165) is 67.0 Å². The molecule has 0 spiro atoms. The maximum Gasteiger partial charge on any atom is 0.411 e. The van der Waals surface area contributed by atoms with Gasteiger partial charge in [-0.3, -0.25) is 9.69 Å². The first kappa shape index (κ1) is 29.8. The molecule has 2 aromatic carbocycles. The molecule has 0 bridgehead atoms. The number of ether oxygens (including phenoxy) is 2. The molecule has 3 aliphatic rings.